The molecule has 0 aromatic carbocycles. The predicted molar refractivity (Wildman–Crippen MR) is 62.9 cm³/mol. The topological polar surface area (TPSA) is 47.0 Å². The van der Waals surface area contributed by atoms with Gasteiger partial charge in [-0.05, 0) is 25.7 Å². The van der Waals surface area contributed by atoms with Crippen LogP contribution in [0.25, 0.3) is 0 Å². The Kier molecular flexibility index (Phi) is 3.61. The maximum absolute atomic E-state index is 5.82. The minimum absolute atomic E-state index is 0. The molecular weight excluding hydrogens is 226 g/mol. The van der Waals surface area contributed by atoms with Gasteiger partial charge in [-0.3, -0.25) is 4.98 Å². The molecule has 3 rings (SSSR count). The summed E-state index contributed by atoms with van der Waals surface area (Å²) in [6.45, 7) is 0. The van der Waals surface area contributed by atoms with E-state index in [0.29, 0.717) is 24.1 Å². The number of aromatic nitrogens is 2. The Bertz CT molecular complexity index is 323. The van der Waals surface area contributed by atoms with Crippen molar-refractivity contribution < 1.29 is 4.74 Å². The molecule has 0 aliphatic carbocycles. The summed E-state index contributed by atoms with van der Waals surface area (Å²) in [4.78, 5) is 8.14. The van der Waals surface area contributed by atoms with Crippen LogP contribution in [0.1, 0.15) is 25.7 Å². The molecule has 2 saturated heterocycles. The van der Waals surface area contributed by atoms with Crippen molar-refractivity contribution >= 4 is 12.4 Å². The molecule has 2 unspecified atom stereocenters. The molecule has 4 nitrogen and oxygen atoms in total. The second-order valence-electron chi connectivity index (χ2n) is 4.39. The van der Waals surface area contributed by atoms with Crippen molar-refractivity contribution in [1.82, 2.24) is 15.3 Å². The van der Waals surface area contributed by atoms with Crippen LogP contribution < -0.4 is 10.1 Å². The third-order valence-electron chi connectivity index (χ3n) is 3.26. The summed E-state index contributed by atoms with van der Waals surface area (Å²) in [6.07, 6.45) is 10.1. The number of hydrogen-bond donors (Lipinski definition) is 1. The zero-order valence-corrected chi connectivity index (χ0v) is 9.82. The Morgan fingerprint density at radius 1 is 1.19 bits per heavy atom. The Morgan fingerprint density at radius 3 is 2.56 bits per heavy atom. The molecular formula is C11H16ClN3O. The van der Waals surface area contributed by atoms with Crippen molar-refractivity contribution in [2.45, 2.75) is 43.9 Å². The van der Waals surface area contributed by atoms with Crippen LogP contribution in [-0.2, 0) is 0 Å². The summed E-state index contributed by atoms with van der Waals surface area (Å²) in [5, 5.41) is 3.59. The molecule has 2 fully saturated rings. The number of ether oxygens (including phenoxy) is 1. The van der Waals surface area contributed by atoms with Crippen LogP contribution in [0.3, 0.4) is 0 Å². The van der Waals surface area contributed by atoms with Crippen LogP contribution in [0.5, 0.6) is 5.88 Å². The third-order valence-corrected chi connectivity index (χ3v) is 3.26. The van der Waals surface area contributed by atoms with Gasteiger partial charge in [0.25, 0.3) is 0 Å². The van der Waals surface area contributed by atoms with Crippen LogP contribution in [0.2, 0.25) is 0 Å². The van der Waals surface area contributed by atoms with Gasteiger partial charge in [-0.2, -0.15) is 0 Å². The summed E-state index contributed by atoms with van der Waals surface area (Å²) < 4.78 is 5.82. The normalized spacial score (nSPS) is 31.9. The largest absolute Gasteiger partial charge is 0.473 e. The van der Waals surface area contributed by atoms with E-state index < -0.39 is 0 Å². The van der Waals surface area contributed by atoms with Crippen molar-refractivity contribution in [3.8, 4) is 5.88 Å². The molecule has 0 amide bonds. The average Bonchev–Trinajstić information content (AvgIpc) is 2.60. The van der Waals surface area contributed by atoms with Gasteiger partial charge in [0.15, 0.2) is 0 Å². The molecule has 1 aromatic rings. The zero-order valence-electron chi connectivity index (χ0n) is 9.00. The van der Waals surface area contributed by atoms with Gasteiger partial charge in [-0.15, -0.1) is 12.4 Å². The molecule has 2 aliphatic heterocycles. The first-order valence-electron chi connectivity index (χ1n) is 5.59. The van der Waals surface area contributed by atoms with Crippen molar-refractivity contribution in [3.63, 3.8) is 0 Å². The van der Waals surface area contributed by atoms with Crippen molar-refractivity contribution in [2.75, 3.05) is 0 Å². The minimum Gasteiger partial charge on any atom is -0.473 e. The molecule has 3 heterocycles. The standard InChI is InChI=1S/C11H15N3O.ClH/c1-2-9-6-10(5-8(1)14-9)15-11-7-12-3-4-13-11;/h3-4,7-10,14H,1-2,5-6H2;1H. The fraction of sp³-hybridized carbons (Fsp3) is 0.636. The van der Waals surface area contributed by atoms with E-state index in [0.717, 1.165) is 12.8 Å². The maximum atomic E-state index is 5.82. The van der Waals surface area contributed by atoms with Crippen molar-refractivity contribution in [1.29, 1.82) is 0 Å². The predicted octanol–water partition coefficient (Wildman–Crippen LogP) is 1.56. The molecule has 0 spiro atoms. The summed E-state index contributed by atoms with van der Waals surface area (Å²) in [6, 6.07) is 1.32. The number of fused-ring (bicyclic) bond motifs is 2. The van der Waals surface area contributed by atoms with Gasteiger partial charge < -0.3 is 10.1 Å². The van der Waals surface area contributed by atoms with E-state index in [9.17, 15) is 0 Å². The SMILES string of the molecule is Cl.c1cnc(OC2CC3CCC(C2)N3)cn1. The molecule has 0 radical (unpaired) electrons. The molecule has 2 bridgehead atoms. The van der Waals surface area contributed by atoms with E-state index in [1.165, 1.54) is 12.8 Å². The van der Waals surface area contributed by atoms with E-state index in [1.54, 1.807) is 18.6 Å². The van der Waals surface area contributed by atoms with Crippen molar-refractivity contribution in [2.24, 2.45) is 0 Å². The van der Waals surface area contributed by atoms with E-state index in [1.807, 2.05) is 0 Å². The smallest absolute Gasteiger partial charge is 0.232 e. The first-order chi connectivity index (χ1) is 7.40. The average molecular weight is 242 g/mol. The highest BCUT2D eigenvalue weighted by Crippen LogP contribution is 2.28. The van der Waals surface area contributed by atoms with Crippen LogP contribution in [0.15, 0.2) is 18.6 Å². The lowest BCUT2D eigenvalue weighted by atomic mass is 10.0. The molecule has 1 N–H and O–H groups in total. The number of rotatable bonds is 2. The van der Waals surface area contributed by atoms with Gasteiger partial charge in [0.1, 0.15) is 6.10 Å². The molecule has 16 heavy (non-hydrogen) atoms. The van der Waals surface area contributed by atoms with Crippen molar-refractivity contribution in [3.05, 3.63) is 18.6 Å². The quantitative estimate of drug-likeness (QED) is 0.854. The number of nitrogens with zero attached hydrogens (tertiary/aromatic N) is 2. The highest BCUT2D eigenvalue weighted by molar-refractivity contribution is 5.85. The Balaban J connectivity index is 0.000000963. The monoisotopic (exact) mass is 241 g/mol. The van der Waals surface area contributed by atoms with E-state index in [2.05, 4.69) is 15.3 Å². The maximum Gasteiger partial charge on any atom is 0.232 e. The molecule has 2 aliphatic rings. The minimum atomic E-state index is 0. The number of piperidine rings is 1. The summed E-state index contributed by atoms with van der Waals surface area (Å²) in [5.74, 6) is 0.656. The second kappa shape index (κ2) is 4.97. The third kappa shape index (κ3) is 2.44. The fourth-order valence-electron chi connectivity index (χ4n) is 2.62. The zero-order chi connectivity index (χ0) is 10.1. The van der Waals surface area contributed by atoms with Crippen LogP contribution in [-0.4, -0.2) is 28.2 Å². The van der Waals surface area contributed by atoms with Gasteiger partial charge in [0.2, 0.25) is 5.88 Å². The van der Waals surface area contributed by atoms with Gasteiger partial charge in [0, 0.05) is 24.5 Å². The van der Waals surface area contributed by atoms with Crippen LogP contribution in [0.4, 0.5) is 0 Å². The van der Waals surface area contributed by atoms with E-state index in [-0.39, 0.29) is 12.4 Å². The van der Waals surface area contributed by atoms with Crippen LogP contribution in [0, 0.1) is 0 Å². The Labute approximate surface area is 101 Å². The Morgan fingerprint density at radius 2 is 1.94 bits per heavy atom. The number of nitrogens with one attached hydrogen (secondary N) is 1. The van der Waals surface area contributed by atoms with Gasteiger partial charge in [-0.25, -0.2) is 4.98 Å². The number of halogens is 1. The number of hydrogen-bond acceptors (Lipinski definition) is 4. The fourth-order valence-corrected chi connectivity index (χ4v) is 2.62. The molecule has 88 valence electrons. The van der Waals surface area contributed by atoms with Gasteiger partial charge in [0.05, 0.1) is 6.20 Å². The highest BCUT2D eigenvalue weighted by Gasteiger charge is 2.34. The summed E-state index contributed by atoms with van der Waals surface area (Å²) >= 11 is 0. The Hall–Kier alpha value is -0.870. The summed E-state index contributed by atoms with van der Waals surface area (Å²) in [7, 11) is 0. The lowest BCUT2D eigenvalue weighted by molar-refractivity contribution is 0.131. The molecule has 0 saturated carbocycles. The second-order valence-corrected chi connectivity index (χ2v) is 4.39. The lowest BCUT2D eigenvalue weighted by Crippen LogP contribution is -2.42. The van der Waals surface area contributed by atoms with Crippen LogP contribution >= 0.6 is 12.4 Å². The van der Waals surface area contributed by atoms with Gasteiger partial charge in [-0.1, -0.05) is 0 Å². The summed E-state index contributed by atoms with van der Waals surface area (Å²) in [5.41, 5.74) is 0. The van der Waals surface area contributed by atoms with E-state index >= 15 is 0 Å². The lowest BCUT2D eigenvalue weighted by Gasteiger charge is -2.28. The highest BCUT2D eigenvalue weighted by atomic mass is 35.5. The first kappa shape index (κ1) is 11.6. The molecule has 1 aromatic heterocycles. The first-order valence-corrected chi connectivity index (χ1v) is 5.59. The molecule has 2 atom stereocenters. The van der Waals surface area contributed by atoms with E-state index in [4.69, 9.17) is 4.74 Å². The molecule has 5 heteroatoms. The van der Waals surface area contributed by atoms with Gasteiger partial charge >= 0.3 is 0 Å².